The molecule has 1 fully saturated rings. The van der Waals surface area contributed by atoms with Crippen molar-refractivity contribution in [3.63, 3.8) is 0 Å². The van der Waals surface area contributed by atoms with Crippen LogP contribution in [0.15, 0.2) is 30.3 Å². The second-order valence-electron chi connectivity index (χ2n) is 3.83. The normalized spacial score (nSPS) is 23.6. The van der Waals surface area contributed by atoms with Crippen molar-refractivity contribution in [2.75, 3.05) is 13.2 Å². The predicted octanol–water partition coefficient (Wildman–Crippen LogP) is 3.03. The average Bonchev–Trinajstić information content (AvgIpc) is 2.72. The van der Waals surface area contributed by atoms with Gasteiger partial charge in [0.25, 0.3) is 0 Å². The third kappa shape index (κ3) is 2.58. The van der Waals surface area contributed by atoms with Crippen LogP contribution in [0.25, 0.3) is 0 Å². The molecule has 1 saturated heterocycles. The quantitative estimate of drug-likeness (QED) is 0.754. The number of benzene rings is 1. The van der Waals surface area contributed by atoms with Gasteiger partial charge < -0.3 is 4.74 Å². The summed E-state index contributed by atoms with van der Waals surface area (Å²) < 4.78 is 5.39. The van der Waals surface area contributed by atoms with Gasteiger partial charge in [-0.2, -0.15) is 0 Å². The van der Waals surface area contributed by atoms with Crippen LogP contribution < -0.4 is 0 Å². The van der Waals surface area contributed by atoms with Gasteiger partial charge in [-0.1, -0.05) is 46.3 Å². The molecule has 0 aliphatic carbocycles. The summed E-state index contributed by atoms with van der Waals surface area (Å²) in [5, 5.41) is 0. The van der Waals surface area contributed by atoms with Crippen molar-refractivity contribution in [1.29, 1.82) is 0 Å². The molecule has 2 rings (SSSR count). The molecule has 0 aromatic heterocycles. The maximum Gasteiger partial charge on any atom is 0.0505 e. The summed E-state index contributed by atoms with van der Waals surface area (Å²) in [6.45, 7) is 1.85. The first-order chi connectivity index (χ1) is 6.86. The van der Waals surface area contributed by atoms with Crippen LogP contribution in [-0.2, 0) is 11.2 Å². The first kappa shape index (κ1) is 10.2. The lowest BCUT2D eigenvalue weighted by atomic mass is 9.99. The minimum absolute atomic E-state index is 0.562. The van der Waals surface area contributed by atoms with Crippen LogP contribution in [0.3, 0.4) is 0 Å². The summed E-state index contributed by atoms with van der Waals surface area (Å²) in [6, 6.07) is 10.6. The van der Waals surface area contributed by atoms with E-state index >= 15 is 0 Å². The largest absolute Gasteiger partial charge is 0.381 e. The molecular formula is C12H15BrO. The van der Waals surface area contributed by atoms with Gasteiger partial charge in [0.15, 0.2) is 0 Å². The molecule has 2 atom stereocenters. The van der Waals surface area contributed by atoms with Crippen LogP contribution in [0.1, 0.15) is 12.0 Å². The molecule has 1 aliphatic rings. The van der Waals surface area contributed by atoms with Gasteiger partial charge in [-0.15, -0.1) is 0 Å². The van der Waals surface area contributed by atoms with E-state index in [-0.39, 0.29) is 0 Å². The minimum atomic E-state index is 0.562. The highest BCUT2D eigenvalue weighted by Gasteiger charge is 2.23. The van der Waals surface area contributed by atoms with Gasteiger partial charge in [0.2, 0.25) is 0 Å². The average molecular weight is 255 g/mol. The van der Waals surface area contributed by atoms with Crippen molar-refractivity contribution in [1.82, 2.24) is 0 Å². The SMILES string of the molecule is BrC(Cc1ccccc1)C1CCOC1. The van der Waals surface area contributed by atoms with Crippen LogP contribution in [0.5, 0.6) is 0 Å². The van der Waals surface area contributed by atoms with E-state index in [0.29, 0.717) is 10.7 Å². The molecule has 14 heavy (non-hydrogen) atoms. The molecule has 2 heteroatoms. The van der Waals surface area contributed by atoms with Gasteiger partial charge >= 0.3 is 0 Å². The fraction of sp³-hybridized carbons (Fsp3) is 0.500. The summed E-state index contributed by atoms with van der Waals surface area (Å²) in [4.78, 5) is 0.562. The van der Waals surface area contributed by atoms with Crippen molar-refractivity contribution < 1.29 is 4.74 Å². The van der Waals surface area contributed by atoms with Crippen molar-refractivity contribution >= 4 is 15.9 Å². The van der Waals surface area contributed by atoms with E-state index in [0.717, 1.165) is 19.6 Å². The zero-order valence-corrected chi connectivity index (χ0v) is 9.74. The maximum absolute atomic E-state index is 5.39. The Hall–Kier alpha value is -0.340. The Morgan fingerprint density at radius 3 is 2.79 bits per heavy atom. The van der Waals surface area contributed by atoms with E-state index in [1.807, 2.05) is 0 Å². The zero-order valence-electron chi connectivity index (χ0n) is 8.16. The lowest BCUT2D eigenvalue weighted by Crippen LogP contribution is -2.16. The van der Waals surface area contributed by atoms with Gasteiger partial charge in [0.1, 0.15) is 0 Å². The lowest BCUT2D eigenvalue weighted by Gasteiger charge is -2.15. The van der Waals surface area contributed by atoms with Crippen LogP contribution >= 0.6 is 15.9 Å². The molecule has 0 N–H and O–H groups in total. The molecule has 1 aromatic carbocycles. The second-order valence-corrected chi connectivity index (χ2v) is 5.01. The zero-order chi connectivity index (χ0) is 9.80. The fourth-order valence-electron chi connectivity index (χ4n) is 1.84. The summed E-state index contributed by atoms with van der Waals surface area (Å²) in [7, 11) is 0. The van der Waals surface area contributed by atoms with Gasteiger partial charge in [0.05, 0.1) is 6.61 Å². The van der Waals surface area contributed by atoms with Crippen LogP contribution in [0, 0.1) is 5.92 Å². The van der Waals surface area contributed by atoms with E-state index < -0.39 is 0 Å². The smallest absolute Gasteiger partial charge is 0.0505 e. The highest BCUT2D eigenvalue weighted by Crippen LogP contribution is 2.25. The third-order valence-electron chi connectivity index (χ3n) is 2.75. The van der Waals surface area contributed by atoms with Crippen LogP contribution in [0.2, 0.25) is 0 Å². The van der Waals surface area contributed by atoms with E-state index in [1.54, 1.807) is 0 Å². The Labute approximate surface area is 93.6 Å². The third-order valence-corrected chi connectivity index (χ3v) is 3.82. The first-order valence-corrected chi connectivity index (χ1v) is 6.03. The number of ether oxygens (including phenoxy) is 1. The Kier molecular flexibility index (Phi) is 3.60. The number of alkyl halides is 1. The predicted molar refractivity (Wildman–Crippen MR) is 61.8 cm³/mol. The highest BCUT2D eigenvalue weighted by molar-refractivity contribution is 9.09. The number of rotatable bonds is 3. The first-order valence-electron chi connectivity index (χ1n) is 5.12. The molecule has 1 aromatic rings. The van der Waals surface area contributed by atoms with Crippen molar-refractivity contribution in [2.45, 2.75) is 17.7 Å². The van der Waals surface area contributed by atoms with E-state index in [9.17, 15) is 0 Å². The fourth-order valence-corrected chi connectivity index (χ4v) is 2.63. The molecule has 0 radical (unpaired) electrons. The molecule has 76 valence electrons. The summed E-state index contributed by atoms with van der Waals surface area (Å²) in [6.07, 6.45) is 2.30. The van der Waals surface area contributed by atoms with Gasteiger partial charge in [0, 0.05) is 11.4 Å². The topological polar surface area (TPSA) is 9.23 Å². The number of hydrogen-bond acceptors (Lipinski definition) is 1. The van der Waals surface area contributed by atoms with Crippen molar-refractivity contribution in [3.05, 3.63) is 35.9 Å². The van der Waals surface area contributed by atoms with E-state index in [2.05, 4.69) is 46.3 Å². The summed E-state index contributed by atoms with van der Waals surface area (Å²) in [5.41, 5.74) is 1.40. The number of hydrogen-bond donors (Lipinski definition) is 0. The second kappa shape index (κ2) is 4.94. The Morgan fingerprint density at radius 1 is 1.36 bits per heavy atom. The standard InChI is InChI=1S/C12H15BrO/c13-12(11-6-7-14-9-11)8-10-4-2-1-3-5-10/h1-5,11-12H,6-9H2. The molecule has 0 amide bonds. The lowest BCUT2D eigenvalue weighted by molar-refractivity contribution is 0.185. The Balaban J connectivity index is 1.90. The van der Waals surface area contributed by atoms with E-state index in [4.69, 9.17) is 4.74 Å². The summed E-state index contributed by atoms with van der Waals surface area (Å²) in [5.74, 6) is 0.690. The van der Waals surface area contributed by atoms with Crippen LogP contribution in [-0.4, -0.2) is 18.0 Å². The molecular weight excluding hydrogens is 240 g/mol. The van der Waals surface area contributed by atoms with Gasteiger partial charge in [-0.05, 0) is 24.3 Å². The van der Waals surface area contributed by atoms with Crippen molar-refractivity contribution in [2.24, 2.45) is 5.92 Å². The molecule has 1 aliphatic heterocycles. The van der Waals surface area contributed by atoms with Gasteiger partial charge in [-0.3, -0.25) is 0 Å². The Morgan fingerprint density at radius 2 is 2.14 bits per heavy atom. The monoisotopic (exact) mass is 254 g/mol. The molecule has 0 spiro atoms. The molecule has 0 saturated carbocycles. The molecule has 0 bridgehead atoms. The molecule has 1 nitrogen and oxygen atoms in total. The maximum atomic E-state index is 5.39. The van der Waals surface area contributed by atoms with Crippen LogP contribution in [0.4, 0.5) is 0 Å². The van der Waals surface area contributed by atoms with E-state index in [1.165, 1.54) is 12.0 Å². The molecule has 1 heterocycles. The summed E-state index contributed by atoms with van der Waals surface area (Å²) >= 11 is 3.76. The van der Waals surface area contributed by atoms with Crippen molar-refractivity contribution in [3.8, 4) is 0 Å². The van der Waals surface area contributed by atoms with Gasteiger partial charge in [-0.25, -0.2) is 0 Å². The minimum Gasteiger partial charge on any atom is -0.381 e. The Bertz CT molecular complexity index is 267. The molecule has 2 unspecified atom stereocenters. The highest BCUT2D eigenvalue weighted by atomic mass is 79.9. The number of halogens is 1.